The summed E-state index contributed by atoms with van der Waals surface area (Å²) in [4.78, 5) is 13.0. The lowest BCUT2D eigenvalue weighted by Crippen LogP contribution is -2.24. The maximum absolute atomic E-state index is 10.3. The van der Waals surface area contributed by atoms with E-state index in [1.54, 1.807) is 10.6 Å². The van der Waals surface area contributed by atoms with Crippen molar-refractivity contribution in [1.29, 1.82) is 0 Å². The van der Waals surface area contributed by atoms with Crippen molar-refractivity contribution in [2.45, 2.75) is 51.0 Å². The number of aliphatic hydroxyl groups is 2. The SMILES string of the molecule is CCCCc1ccc(Nc2nc(N)c3ncn([C@H]4C[C@H](O)[C@@H](CO)O4)c3n2)cc1O. The molecule has 1 aliphatic rings. The Morgan fingerprint density at radius 1 is 1.33 bits per heavy atom. The van der Waals surface area contributed by atoms with Crippen LogP contribution in [-0.4, -0.2) is 53.7 Å². The van der Waals surface area contributed by atoms with Crippen molar-refractivity contribution in [1.82, 2.24) is 19.5 Å². The molecule has 30 heavy (non-hydrogen) atoms. The van der Waals surface area contributed by atoms with Gasteiger partial charge in [-0.3, -0.25) is 4.57 Å². The molecule has 3 aromatic rings. The summed E-state index contributed by atoms with van der Waals surface area (Å²) in [5, 5.41) is 32.7. The van der Waals surface area contributed by atoms with E-state index in [0.717, 1.165) is 24.8 Å². The molecule has 160 valence electrons. The van der Waals surface area contributed by atoms with Crippen LogP contribution in [0.5, 0.6) is 5.75 Å². The van der Waals surface area contributed by atoms with Crippen molar-refractivity contribution >= 4 is 28.6 Å². The van der Waals surface area contributed by atoms with Crippen LogP contribution in [0.1, 0.15) is 38.0 Å². The number of hydrogen-bond donors (Lipinski definition) is 5. The topological polar surface area (TPSA) is 152 Å². The predicted molar refractivity (Wildman–Crippen MR) is 111 cm³/mol. The van der Waals surface area contributed by atoms with Gasteiger partial charge >= 0.3 is 0 Å². The molecule has 0 spiro atoms. The summed E-state index contributed by atoms with van der Waals surface area (Å²) in [6.45, 7) is 1.84. The van der Waals surface area contributed by atoms with Gasteiger partial charge in [-0.05, 0) is 24.5 Å². The number of hydrogen-bond acceptors (Lipinski definition) is 9. The van der Waals surface area contributed by atoms with E-state index in [-0.39, 0.29) is 24.1 Å². The van der Waals surface area contributed by atoms with E-state index in [1.807, 2.05) is 12.1 Å². The molecule has 0 radical (unpaired) electrons. The molecule has 3 atom stereocenters. The van der Waals surface area contributed by atoms with Crippen LogP contribution in [-0.2, 0) is 11.2 Å². The zero-order valence-electron chi connectivity index (χ0n) is 16.7. The highest BCUT2D eigenvalue weighted by Crippen LogP contribution is 2.32. The van der Waals surface area contributed by atoms with Crippen LogP contribution in [0.2, 0.25) is 0 Å². The van der Waals surface area contributed by atoms with Gasteiger partial charge in [-0.1, -0.05) is 19.4 Å². The van der Waals surface area contributed by atoms with E-state index >= 15 is 0 Å². The van der Waals surface area contributed by atoms with Crippen LogP contribution in [0.3, 0.4) is 0 Å². The van der Waals surface area contributed by atoms with E-state index in [4.69, 9.17) is 10.5 Å². The molecule has 0 bridgehead atoms. The number of nitrogens with zero attached hydrogens (tertiary/aromatic N) is 4. The lowest BCUT2D eigenvalue weighted by molar-refractivity contribution is -0.0432. The monoisotopic (exact) mass is 414 g/mol. The highest BCUT2D eigenvalue weighted by Gasteiger charge is 2.35. The van der Waals surface area contributed by atoms with Crippen LogP contribution >= 0.6 is 0 Å². The molecule has 1 aliphatic heterocycles. The Morgan fingerprint density at radius 3 is 2.87 bits per heavy atom. The molecule has 0 amide bonds. The van der Waals surface area contributed by atoms with Crippen molar-refractivity contribution in [2.24, 2.45) is 0 Å². The van der Waals surface area contributed by atoms with Gasteiger partial charge in [0.2, 0.25) is 5.95 Å². The number of aromatic hydroxyl groups is 1. The first kappa shape index (κ1) is 20.3. The zero-order chi connectivity index (χ0) is 21.3. The van der Waals surface area contributed by atoms with Gasteiger partial charge in [0, 0.05) is 18.2 Å². The van der Waals surface area contributed by atoms with Gasteiger partial charge < -0.3 is 31.1 Å². The molecular formula is C20H26N6O4. The minimum Gasteiger partial charge on any atom is -0.508 e. The molecule has 10 heteroatoms. The van der Waals surface area contributed by atoms with Crippen molar-refractivity contribution in [2.75, 3.05) is 17.7 Å². The third-order valence-corrected chi connectivity index (χ3v) is 5.28. The second kappa shape index (κ2) is 8.42. The van der Waals surface area contributed by atoms with Crippen molar-refractivity contribution in [3.8, 4) is 5.75 Å². The van der Waals surface area contributed by atoms with Gasteiger partial charge in [-0.25, -0.2) is 4.98 Å². The summed E-state index contributed by atoms with van der Waals surface area (Å²) in [6.07, 6.45) is 2.77. The van der Waals surface area contributed by atoms with Crippen LogP contribution in [0.4, 0.5) is 17.5 Å². The number of anilines is 3. The number of aromatic nitrogens is 4. The zero-order valence-corrected chi connectivity index (χ0v) is 16.7. The average Bonchev–Trinajstić information content (AvgIpc) is 3.30. The fraction of sp³-hybridized carbons (Fsp3) is 0.450. The number of phenolic OH excluding ortho intramolecular Hbond substituents is 1. The Morgan fingerprint density at radius 2 is 2.17 bits per heavy atom. The molecule has 6 N–H and O–H groups in total. The normalized spacial score (nSPS) is 21.4. The minimum absolute atomic E-state index is 0.197. The maximum Gasteiger partial charge on any atom is 0.231 e. The number of phenols is 1. The summed E-state index contributed by atoms with van der Waals surface area (Å²) in [5.74, 6) is 0.665. The maximum atomic E-state index is 10.3. The smallest absolute Gasteiger partial charge is 0.231 e. The number of fused-ring (bicyclic) bond motifs is 1. The number of unbranched alkanes of at least 4 members (excludes halogenated alkanes) is 1. The Balaban J connectivity index is 1.61. The molecule has 4 rings (SSSR count). The van der Waals surface area contributed by atoms with Gasteiger partial charge in [0.1, 0.15) is 23.6 Å². The van der Waals surface area contributed by atoms with Gasteiger partial charge in [0.05, 0.1) is 19.0 Å². The van der Waals surface area contributed by atoms with Crippen LogP contribution in [0, 0.1) is 0 Å². The number of aliphatic hydroxyl groups excluding tert-OH is 2. The van der Waals surface area contributed by atoms with Gasteiger partial charge in [-0.2, -0.15) is 9.97 Å². The first-order valence-electron chi connectivity index (χ1n) is 10.0. The summed E-state index contributed by atoms with van der Waals surface area (Å²) in [6, 6.07) is 5.37. The summed E-state index contributed by atoms with van der Waals surface area (Å²) in [7, 11) is 0. The summed E-state index contributed by atoms with van der Waals surface area (Å²) >= 11 is 0. The van der Waals surface area contributed by atoms with Crippen molar-refractivity contribution < 1.29 is 20.1 Å². The molecule has 1 fully saturated rings. The number of nitrogen functional groups attached to an aromatic ring is 1. The minimum atomic E-state index is -0.775. The first-order chi connectivity index (χ1) is 14.5. The molecule has 3 heterocycles. The van der Waals surface area contributed by atoms with Crippen molar-refractivity contribution in [3.05, 3.63) is 30.1 Å². The third kappa shape index (κ3) is 3.89. The number of nitrogens with two attached hydrogens (primary N) is 1. The Labute approximate surface area is 173 Å². The Hall–Kier alpha value is -2.95. The quantitative estimate of drug-likeness (QED) is 0.390. The number of rotatable bonds is 7. The third-order valence-electron chi connectivity index (χ3n) is 5.28. The first-order valence-corrected chi connectivity index (χ1v) is 10.0. The fourth-order valence-electron chi connectivity index (χ4n) is 3.60. The second-order valence-electron chi connectivity index (χ2n) is 7.44. The highest BCUT2D eigenvalue weighted by molar-refractivity contribution is 5.83. The van der Waals surface area contributed by atoms with E-state index in [2.05, 4.69) is 27.2 Å². The number of benzene rings is 1. The van der Waals surface area contributed by atoms with Crippen LogP contribution in [0.25, 0.3) is 11.2 Å². The number of nitrogens with one attached hydrogen (secondary N) is 1. The summed E-state index contributed by atoms with van der Waals surface area (Å²) < 4.78 is 7.37. The molecule has 0 unspecified atom stereocenters. The number of aryl methyl sites for hydroxylation is 1. The standard InChI is InChI=1S/C20H26N6O4/c1-2-3-4-11-5-6-12(7-13(11)28)23-20-24-18(21)17-19(25-20)26(10-22-17)16-8-14(29)15(9-27)30-16/h5-7,10,14-16,27-29H,2-4,8-9H2,1H3,(H3,21,23,24,25)/t14-,15+,16+/m0/s1. The van der Waals surface area contributed by atoms with E-state index in [9.17, 15) is 15.3 Å². The van der Waals surface area contributed by atoms with Crippen LogP contribution < -0.4 is 11.1 Å². The summed E-state index contributed by atoms with van der Waals surface area (Å²) in [5.41, 5.74) is 8.46. The van der Waals surface area contributed by atoms with Crippen molar-refractivity contribution in [3.63, 3.8) is 0 Å². The van der Waals surface area contributed by atoms with E-state index < -0.39 is 18.4 Å². The molecule has 1 aromatic carbocycles. The lowest BCUT2D eigenvalue weighted by atomic mass is 10.1. The lowest BCUT2D eigenvalue weighted by Gasteiger charge is -2.14. The molecule has 2 aromatic heterocycles. The number of ether oxygens (including phenoxy) is 1. The van der Waals surface area contributed by atoms with Gasteiger partial charge in [0.15, 0.2) is 11.5 Å². The predicted octanol–water partition coefficient (Wildman–Crippen LogP) is 1.84. The van der Waals surface area contributed by atoms with E-state index in [1.165, 1.54) is 6.33 Å². The number of imidazole rings is 1. The molecule has 10 nitrogen and oxygen atoms in total. The largest absolute Gasteiger partial charge is 0.508 e. The van der Waals surface area contributed by atoms with E-state index in [0.29, 0.717) is 23.3 Å². The molecule has 0 saturated carbocycles. The fourth-order valence-corrected chi connectivity index (χ4v) is 3.60. The molecule has 1 saturated heterocycles. The molecule has 0 aliphatic carbocycles. The van der Waals surface area contributed by atoms with Gasteiger partial charge in [0.25, 0.3) is 0 Å². The highest BCUT2D eigenvalue weighted by atomic mass is 16.5. The second-order valence-corrected chi connectivity index (χ2v) is 7.44. The van der Waals surface area contributed by atoms with Crippen LogP contribution in [0.15, 0.2) is 24.5 Å². The Kier molecular flexibility index (Phi) is 5.71. The van der Waals surface area contributed by atoms with Gasteiger partial charge in [-0.15, -0.1) is 0 Å². The Bertz CT molecular complexity index is 1040. The average molecular weight is 414 g/mol. The molecular weight excluding hydrogens is 388 g/mol.